The minimum absolute atomic E-state index is 0.238. The van der Waals surface area contributed by atoms with Crippen molar-refractivity contribution in [2.24, 2.45) is 5.73 Å². The molecule has 6 heteroatoms. The third-order valence-corrected chi connectivity index (χ3v) is 3.19. The fraction of sp³-hybridized carbons (Fsp3) is 0.308. The van der Waals surface area contributed by atoms with Gasteiger partial charge in [-0.2, -0.15) is 13.2 Å². The number of alkyl halides is 3. The topological polar surface area (TPSA) is 59.1 Å². The molecule has 2 rings (SSSR count). The van der Waals surface area contributed by atoms with E-state index in [4.69, 9.17) is 5.73 Å². The maximum atomic E-state index is 13.2. The number of nitrogens with zero attached hydrogens (tertiary/aromatic N) is 1. The molecule has 0 aliphatic heterocycles. The van der Waals surface area contributed by atoms with Gasteiger partial charge in [0.2, 0.25) is 5.60 Å². The Balaban J connectivity index is 2.78. The van der Waals surface area contributed by atoms with Gasteiger partial charge in [0, 0.05) is 29.4 Å². The van der Waals surface area contributed by atoms with Gasteiger partial charge in [-0.05, 0) is 18.4 Å². The quantitative estimate of drug-likeness (QED) is 0.880. The van der Waals surface area contributed by atoms with Crippen molar-refractivity contribution >= 4 is 10.8 Å². The third-order valence-electron chi connectivity index (χ3n) is 3.19. The highest BCUT2D eigenvalue weighted by atomic mass is 19.4. The zero-order chi connectivity index (χ0) is 14.3. The van der Waals surface area contributed by atoms with Crippen molar-refractivity contribution in [3.05, 3.63) is 42.2 Å². The molecular formula is C13H13F3N2O. The summed E-state index contributed by atoms with van der Waals surface area (Å²) in [4.78, 5) is 3.81. The molecule has 3 N–H and O–H groups in total. The van der Waals surface area contributed by atoms with E-state index in [1.54, 1.807) is 12.1 Å². The Morgan fingerprint density at radius 2 is 1.95 bits per heavy atom. The molecule has 2 unspecified atom stereocenters. The molecule has 0 amide bonds. The standard InChI is InChI=1S/C13H13F3N2O/c1-8(17)12(19,13(14,15)16)11-4-2-3-9-5-6-18-7-10(9)11/h2-8,19H,17H2,1H3. The summed E-state index contributed by atoms with van der Waals surface area (Å²) in [6.07, 6.45) is -2.10. The summed E-state index contributed by atoms with van der Waals surface area (Å²) in [7, 11) is 0. The number of rotatable bonds is 2. The van der Waals surface area contributed by atoms with E-state index in [0.717, 1.165) is 6.92 Å². The summed E-state index contributed by atoms with van der Waals surface area (Å²) in [6, 6.07) is 4.41. The minimum atomic E-state index is -4.87. The Labute approximate surface area is 107 Å². The number of pyridine rings is 1. The van der Waals surface area contributed by atoms with E-state index < -0.39 is 17.8 Å². The summed E-state index contributed by atoms with van der Waals surface area (Å²) in [5.74, 6) is 0. The van der Waals surface area contributed by atoms with E-state index in [-0.39, 0.29) is 10.9 Å². The lowest BCUT2D eigenvalue weighted by molar-refractivity contribution is -0.272. The van der Waals surface area contributed by atoms with Crippen molar-refractivity contribution in [1.29, 1.82) is 0 Å². The number of aromatic nitrogens is 1. The van der Waals surface area contributed by atoms with Crippen LogP contribution < -0.4 is 5.73 Å². The van der Waals surface area contributed by atoms with Crippen LogP contribution in [-0.2, 0) is 5.60 Å². The zero-order valence-electron chi connectivity index (χ0n) is 10.1. The molecule has 2 aromatic rings. The molecule has 0 aliphatic rings. The highest BCUT2D eigenvalue weighted by Crippen LogP contribution is 2.43. The number of benzene rings is 1. The molecule has 1 aromatic heterocycles. The monoisotopic (exact) mass is 270 g/mol. The van der Waals surface area contributed by atoms with Gasteiger partial charge < -0.3 is 10.8 Å². The Bertz CT molecular complexity index is 592. The minimum Gasteiger partial charge on any atom is -0.375 e. The molecule has 19 heavy (non-hydrogen) atoms. The first kappa shape index (κ1) is 13.8. The van der Waals surface area contributed by atoms with Crippen LogP contribution in [0.2, 0.25) is 0 Å². The Kier molecular flexibility index (Phi) is 3.24. The first-order valence-corrected chi connectivity index (χ1v) is 5.66. The Hall–Kier alpha value is -1.66. The van der Waals surface area contributed by atoms with E-state index in [0.29, 0.717) is 5.39 Å². The van der Waals surface area contributed by atoms with Crippen molar-refractivity contribution in [2.75, 3.05) is 0 Å². The van der Waals surface area contributed by atoms with Crippen molar-refractivity contribution in [3.63, 3.8) is 0 Å². The number of aliphatic hydroxyl groups is 1. The molecule has 0 bridgehead atoms. The maximum Gasteiger partial charge on any atom is 0.423 e. The van der Waals surface area contributed by atoms with E-state index >= 15 is 0 Å². The van der Waals surface area contributed by atoms with Gasteiger partial charge in [-0.1, -0.05) is 18.2 Å². The number of hydrogen-bond acceptors (Lipinski definition) is 3. The summed E-state index contributed by atoms with van der Waals surface area (Å²) < 4.78 is 39.7. The SMILES string of the molecule is CC(N)C(O)(c1cccc2ccncc12)C(F)(F)F. The van der Waals surface area contributed by atoms with Crippen LogP contribution in [0.25, 0.3) is 10.8 Å². The lowest BCUT2D eigenvalue weighted by Crippen LogP contribution is -2.54. The van der Waals surface area contributed by atoms with E-state index in [1.807, 2.05) is 0 Å². The predicted octanol–water partition coefficient (Wildman–Crippen LogP) is 2.33. The van der Waals surface area contributed by atoms with Crippen LogP contribution in [-0.4, -0.2) is 22.3 Å². The first-order chi connectivity index (χ1) is 8.78. The average Bonchev–Trinajstić information content (AvgIpc) is 2.35. The fourth-order valence-electron chi connectivity index (χ4n) is 2.10. The van der Waals surface area contributed by atoms with Gasteiger partial charge in [0.05, 0.1) is 0 Å². The molecule has 0 spiro atoms. The lowest BCUT2D eigenvalue weighted by Gasteiger charge is -2.35. The lowest BCUT2D eigenvalue weighted by atomic mass is 9.84. The molecule has 2 atom stereocenters. The van der Waals surface area contributed by atoms with E-state index in [2.05, 4.69) is 4.98 Å². The van der Waals surface area contributed by atoms with Gasteiger partial charge in [-0.15, -0.1) is 0 Å². The van der Waals surface area contributed by atoms with Gasteiger partial charge in [0.1, 0.15) is 0 Å². The molecule has 1 heterocycles. The molecule has 102 valence electrons. The molecule has 0 saturated heterocycles. The van der Waals surface area contributed by atoms with Crippen LogP contribution >= 0.6 is 0 Å². The van der Waals surface area contributed by atoms with Crippen LogP contribution in [0.4, 0.5) is 13.2 Å². The number of hydrogen-bond donors (Lipinski definition) is 2. The fourth-order valence-corrected chi connectivity index (χ4v) is 2.10. The molecule has 0 aliphatic carbocycles. The second kappa shape index (κ2) is 4.47. The number of halogens is 3. The molecule has 0 fully saturated rings. The van der Waals surface area contributed by atoms with Crippen LogP contribution in [0.5, 0.6) is 0 Å². The van der Waals surface area contributed by atoms with E-state index in [1.165, 1.54) is 24.5 Å². The van der Waals surface area contributed by atoms with Gasteiger partial charge in [0.25, 0.3) is 0 Å². The third kappa shape index (κ3) is 2.06. The second-order valence-corrected chi connectivity index (χ2v) is 4.46. The zero-order valence-corrected chi connectivity index (χ0v) is 10.1. The van der Waals surface area contributed by atoms with Crippen molar-refractivity contribution in [3.8, 4) is 0 Å². The molecule has 0 saturated carbocycles. The highest BCUT2D eigenvalue weighted by molar-refractivity contribution is 5.85. The van der Waals surface area contributed by atoms with Gasteiger partial charge in [-0.25, -0.2) is 0 Å². The maximum absolute atomic E-state index is 13.2. The van der Waals surface area contributed by atoms with Crippen LogP contribution in [0.1, 0.15) is 12.5 Å². The van der Waals surface area contributed by atoms with E-state index in [9.17, 15) is 18.3 Å². The van der Waals surface area contributed by atoms with Crippen molar-refractivity contribution in [2.45, 2.75) is 24.7 Å². The van der Waals surface area contributed by atoms with Gasteiger partial charge >= 0.3 is 6.18 Å². The average molecular weight is 270 g/mol. The van der Waals surface area contributed by atoms with Crippen LogP contribution in [0.15, 0.2) is 36.7 Å². The predicted molar refractivity (Wildman–Crippen MR) is 65.3 cm³/mol. The number of nitrogens with two attached hydrogens (primary N) is 1. The molecule has 1 aromatic carbocycles. The number of fused-ring (bicyclic) bond motifs is 1. The van der Waals surface area contributed by atoms with Crippen LogP contribution in [0, 0.1) is 0 Å². The Morgan fingerprint density at radius 1 is 1.26 bits per heavy atom. The van der Waals surface area contributed by atoms with Crippen molar-refractivity contribution < 1.29 is 18.3 Å². The molecule has 0 radical (unpaired) electrons. The summed E-state index contributed by atoms with van der Waals surface area (Å²) in [5.41, 5.74) is 2.01. The molecule has 3 nitrogen and oxygen atoms in total. The summed E-state index contributed by atoms with van der Waals surface area (Å²) in [6.45, 7) is 1.13. The van der Waals surface area contributed by atoms with Crippen molar-refractivity contribution in [1.82, 2.24) is 4.98 Å². The van der Waals surface area contributed by atoms with Gasteiger partial charge in [-0.3, -0.25) is 4.98 Å². The smallest absolute Gasteiger partial charge is 0.375 e. The first-order valence-electron chi connectivity index (χ1n) is 5.66. The van der Waals surface area contributed by atoms with Gasteiger partial charge in [0.15, 0.2) is 0 Å². The normalized spacial score (nSPS) is 17.2. The second-order valence-electron chi connectivity index (χ2n) is 4.46. The van der Waals surface area contributed by atoms with Crippen LogP contribution in [0.3, 0.4) is 0 Å². The molecular weight excluding hydrogens is 257 g/mol. The Morgan fingerprint density at radius 3 is 2.53 bits per heavy atom. The summed E-state index contributed by atoms with van der Waals surface area (Å²) in [5, 5.41) is 10.9. The highest BCUT2D eigenvalue weighted by Gasteiger charge is 2.58. The summed E-state index contributed by atoms with van der Waals surface area (Å²) >= 11 is 0. The largest absolute Gasteiger partial charge is 0.423 e.